The fraction of sp³-hybridized carbons (Fsp3) is 0.250. The van der Waals surface area contributed by atoms with Crippen molar-refractivity contribution in [2.45, 2.75) is 13.3 Å². The monoisotopic (exact) mass is 187 g/mol. The number of benzene rings is 1. The summed E-state index contributed by atoms with van der Waals surface area (Å²) in [7, 11) is 0. The Hall–Kier alpha value is -0.770. The molecule has 0 radical (unpaired) electrons. The van der Waals surface area contributed by atoms with Gasteiger partial charge in [-0.2, -0.15) is 0 Å². The van der Waals surface area contributed by atoms with Crippen LogP contribution in [0.5, 0.6) is 0 Å². The summed E-state index contributed by atoms with van der Waals surface area (Å²) >= 11 is 5.82. The van der Waals surface area contributed by atoms with E-state index < -0.39 is 0 Å². The summed E-state index contributed by atoms with van der Waals surface area (Å²) in [6, 6.07) is 4.97. The van der Waals surface area contributed by atoms with Crippen LogP contribution in [-0.4, -0.2) is 10.4 Å². The van der Waals surface area contributed by atoms with Crippen LogP contribution in [0.15, 0.2) is 18.2 Å². The minimum absolute atomic E-state index is 0.0880. The van der Waals surface area contributed by atoms with Crippen LogP contribution in [0.25, 0.3) is 0 Å². The van der Waals surface area contributed by atoms with Crippen molar-refractivity contribution in [1.82, 2.24) is 0 Å². The molecule has 1 rings (SSSR count). The number of halogens is 1. The van der Waals surface area contributed by atoms with Crippen molar-refractivity contribution in [3.05, 3.63) is 28.8 Å². The minimum Gasteiger partial charge on any atom is -0.264 e. The largest absolute Gasteiger partial charge is 0.264 e. The molecule has 0 aliphatic heterocycles. The molecular formula is C8H10ClNO2. The molecule has 0 fully saturated rings. The number of nitrogens with zero attached hydrogens (tertiary/aromatic N) is 1. The lowest BCUT2D eigenvalue weighted by atomic mass is 10.1. The molecule has 0 atom stereocenters. The molecule has 0 amide bonds. The van der Waals surface area contributed by atoms with Gasteiger partial charge in [-0.15, -0.1) is 5.23 Å². The minimum atomic E-state index is 0.0880. The molecule has 2 N–H and O–H groups in total. The Morgan fingerprint density at radius 3 is 2.50 bits per heavy atom. The Morgan fingerprint density at radius 2 is 2.08 bits per heavy atom. The first-order valence-corrected chi connectivity index (χ1v) is 4.00. The van der Waals surface area contributed by atoms with Gasteiger partial charge in [0.25, 0.3) is 0 Å². The molecular weight excluding hydrogens is 178 g/mol. The normalized spacial score (nSPS) is 10.0. The average Bonchev–Trinajstić information content (AvgIpc) is 2.03. The van der Waals surface area contributed by atoms with E-state index >= 15 is 0 Å². The number of hydrogen-bond donors (Lipinski definition) is 2. The van der Waals surface area contributed by atoms with E-state index in [1.807, 2.05) is 6.92 Å². The highest BCUT2D eigenvalue weighted by atomic mass is 35.5. The van der Waals surface area contributed by atoms with Crippen molar-refractivity contribution in [3.63, 3.8) is 0 Å². The predicted molar refractivity (Wildman–Crippen MR) is 46.9 cm³/mol. The van der Waals surface area contributed by atoms with E-state index in [-0.39, 0.29) is 5.23 Å². The van der Waals surface area contributed by atoms with E-state index in [4.69, 9.17) is 22.0 Å². The van der Waals surface area contributed by atoms with Gasteiger partial charge < -0.3 is 0 Å². The Labute approximate surface area is 75.7 Å². The predicted octanol–water partition coefficient (Wildman–Crippen LogP) is 2.49. The smallest absolute Gasteiger partial charge is 0.0989 e. The molecule has 0 aliphatic rings. The molecule has 0 saturated carbocycles. The third-order valence-corrected chi connectivity index (χ3v) is 2.02. The van der Waals surface area contributed by atoms with Crippen molar-refractivity contribution >= 4 is 17.3 Å². The zero-order valence-corrected chi connectivity index (χ0v) is 7.41. The molecule has 0 aromatic heterocycles. The van der Waals surface area contributed by atoms with E-state index in [9.17, 15) is 0 Å². The summed E-state index contributed by atoms with van der Waals surface area (Å²) in [6.07, 6.45) is 0.659. The maximum Gasteiger partial charge on any atom is 0.0989 e. The second-order valence-corrected chi connectivity index (χ2v) is 2.79. The number of rotatable bonds is 2. The third kappa shape index (κ3) is 1.69. The second-order valence-electron chi connectivity index (χ2n) is 2.38. The highest BCUT2D eigenvalue weighted by Crippen LogP contribution is 2.26. The quantitative estimate of drug-likeness (QED) is 0.700. The summed E-state index contributed by atoms with van der Waals surface area (Å²) < 4.78 is 0. The van der Waals surface area contributed by atoms with Crippen molar-refractivity contribution in [3.8, 4) is 0 Å². The van der Waals surface area contributed by atoms with E-state index in [0.717, 1.165) is 5.56 Å². The van der Waals surface area contributed by atoms with Gasteiger partial charge in [0, 0.05) is 5.02 Å². The van der Waals surface area contributed by atoms with Crippen LogP contribution in [0.4, 0.5) is 5.69 Å². The van der Waals surface area contributed by atoms with Crippen molar-refractivity contribution in [1.29, 1.82) is 0 Å². The third-order valence-electron chi connectivity index (χ3n) is 1.66. The van der Waals surface area contributed by atoms with Gasteiger partial charge in [0.2, 0.25) is 0 Å². The molecule has 0 bridgehead atoms. The lowest BCUT2D eigenvalue weighted by Gasteiger charge is -2.13. The average molecular weight is 188 g/mol. The topological polar surface area (TPSA) is 43.7 Å². The molecule has 3 nitrogen and oxygen atoms in total. The van der Waals surface area contributed by atoms with Gasteiger partial charge in [-0.05, 0) is 24.1 Å². The first kappa shape index (κ1) is 9.32. The molecule has 0 aliphatic carbocycles. The van der Waals surface area contributed by atoms with Gasteiger partial charge in [0.1, 0.15) is 0 Å². The van der Waals surface area contributed by atoms with Crippen LogP contribution >= 0.6 is 11.6 Å². The van der Waals surface area contributed by atoms with Crippen LogP contribution in [0.1, 0.15) is 12.5 Å². The fourth-order valence-corrected chi connectivity index (χ4v) is 1.39. The first-order chi connectivity index (χ1) is 5.66. The Kier molecular flexibility index (Phi) is 2.92. The van der Waals surface area contributed by atoms with E-state index in [2.05, 4.69) is 0 Å². The zero-order valence-electron chi connectivity index (χ0n) is 6.66. The highest BCUT2D eigenvalue weighted by molar-refractivity contribution is 6.31. The van der Waals surface area contributed by atoms with Crippen LogP contribution in [-0.2, 0) is 6.42 Å². The van der Waals surface area contributed by atoms with Crippen LogP contribution in [0.2, 0.25) is 5.02 Å². The number of hydrogen-bond acceptors (Lipinski definition) is 3. The van der Waals surface area contributed by atoms with E-state index in [0.29, 0.717) is 17.1 Å². The maximum atomic E-state index is 8.79. The molecule has 0 heterocycles. The molecule has 12 heavy (non-hydrogen) atoms. The number of anilines is 1. The maximum absolute atomic E-state index is 8.79. The fourth-order valence-electron chi connectivity index (χ4n) is 1.08. The SMILES string of the molecule is CCc1c(Cl)cccc1N(O)O. The van der Waals surface area contributed by atoms with Crippen molar-refractivity contribution in [2.75, 3.05) is 5.23 Å². The molecule has 1 aromatic rings. The van der Waals surface area contributed by atoms with Crippen LogP contribution < -0.4 is 5.23 Å². The summed E-state index contributed by atoms with van der Waals surface area (Å²) in [4.78, 5) is 0. The van der Waals surface area contributed by atoms with Gasteiger partial charge in [-0.25, -0.2) is 0 Å². The lowest BCUT2D eigenvalue weighted by Crippen LogP contribution is -2.13. The van der Waals surface area contributed by atoms with Gasteiger partial charge in [-0.1, -0.05) is 24.6 Å². The lowest BCUT2D eigenvalue weighted by molar-refractivity contribution is 0.0287. The highest BCUT2D eigenvalue weighted by Gasteiger charge is 2.08. The van der Waals surface area contributed by atoms with Crippen LogP contribution in [0, 0.1) is 0 Å². The molecule has 4 heteroatoms. The van der Waals surface area contributed by atoms with E-state index in [1.165, 1.54) is 0 Å². The van der Waals surface area contributed by atoms with Gasteiger partial charge in [0.05, 0.1) is 5.69 Å². The Bertz CT molecular complexity index is 276. The summed E-state index contributed by atoms with van der Waals surface area (Å²) in [5.74, 6) is 0. The van der Waals surface area contributed by atoms with Gasteiger partial charge in [0.15, 0.2) is 0 Å². The van der Waals surface area contributed by atoms with Gasteiger partial charge >= 0.3 is 0 Å². The molecule has 0 spiro atoms. The van der Waals surface area contributed by atoms with Crippen LogP contribution in [0.3, 0.4) is 0 Å². The summed E-state index contributed by atoms with van der Waals surface area (Å²) in [6.45, 7) is 1.90. The Morgan fingerprint density at radius 1 is 1.42 bits per heavy atom. The second kappa shape index (κ2) is 3.76. The first-order valence-electron chi connectivity index (χ1n) is 3.62. The van der Waals surface area contributed by atoms with Crippen molar-refractivity contribution < 1.29 is 10.4 Å². The summed E-state index contributed by atoms with van der Waals surface area (Å²) in [5, 5.41) is 18.2. The molecule has 66 valence electrons. The standard InChI is InChI=1S/C8H10ClNO2/c1-2-6-7(9)4-3-5-8(6)10(11)12/h3-5,11-12H,2H2,1H3. The molecule has 1 aromatic carbocycles. The Balaban J connectivity index is 3.18. The summed E-state index contributed by atoms with van der Waals surface area (Å²) in [5.41, 5.74) is 1.05. The van der Waals surface area contributed by atoms with E-state index in [1.54, 1.807) is 18.2 Å². The molecule has 0 saturated heterocycles. The zero-order chi connectivity index (χ0) is 9.14. The van der Waals surface area contributed by atoms with Crippen molar-refractivity contribution in [2.24, 2.45) is 0 Å². The van der Waals surface area contributed by atoms with Gasteiger partial charge in [-0.3, -0.25) is 10.4 Å². The molecule has 0 unspecified atom stereocenters.